The second-order valence-electron chi connectivity index (χ2n) is 5.28. The van der Waals surface area contributed by atoms with Gasteiger partial charge in [0.1, 0.15) is 10.7 Å². The first-order chi connectivity index (χ1) is 9.51. The Morgan fingerprint density at radius 1 is 1.55 bits per heavy atom. The van der Waals surface area contributed by atoms with E-state index in [4.69, 9.17) is 5.73 Å². The molecule has 1 saturated heterocycles. The van der Waals surface area contributed by atoms with E-state index in [0.717, 1.165) is 37.6 Å². The summed E-state index contributed by atoms with van der Waals surface area (Å²) in [4.78, 5) is 21.3. The van der Waals surface area contributed by atoms with Crippen molar-refractivity contribution in [1.82, 2.24) is 15.2 Å². The molecule has 1 aromatic heterocycles. The molecular formula is C13H23N5OS. The van der Waals surface area contributed by atoms with Crippen LogP contribution in [0.5, 0.6) is 0 Å². The van der Waals surface area contributed by atoms with Crippen LogP contribution in [0.4, 0.5) is 10.9 Å². The Morgan fingerprint density at radius 3 is 2.80 bits per heavy atom. The summed E-state index contributed by atoms with van der Waals surface area (Å²) >= 11 is 1.36. The molecule has 7 heteroatoms. The lowest BCUT2D eigenvalue weighted by atomic mass is 10.1. The van der Waals surface area contributed by atoms with E-state index in [-0.39, 0.29) is 11.9 Å². The number of thiazole rings is 1. The summed E-state index contributed by atoms with van der Waals surface area (Å²) in [6.07, 6.45) is 1.98. The summed E-state index contributed by atoms with van der Waals surface area (Å²) in [6, 6.07) is 0.243. The maximum Gasteiger partial charge on any atom is 0.265 e. The van der Waals surface area contributed by atoms with Gasteiger partial charge < -0.3 is 20.9 Å². The smallest absolute Gasteiger partial charge is 0.265 e. The highest BCUT2D eigenvalue weighted by Gasteiger charge is 2.22. The molecule has 0 atom stereocenters. The number of likely N-dealkylation sites (tertiary alicyclic amines) is 1. The number of carbonyl (C=O) groups is 1. The van der Waals surface area contributed by atoms with E-state index in [0.29, 0.717) is 10.7 Å². The van der Waals surface area contributed by atoms with Crippen LogP contribution >= 0.6 is 11.3 Å². The first-order valence-electron chi connectivity index (χ1n) is 6.98. The van der Waals surface area contributed by atoms with E-state index in [1.165, 1.54) is 11.3 Å². The number of nitrogens with zero attached hydrogens (tertiary/aromatic N) is 3. The Labute approximate surface area is 124 Å². The molecule has 1 aromatic rings. The topological polar surface area (TPSA) is 74.5 Å². The maximum absolute atomic E-state index is 12.3. The highest BCUT2D eigenvalue weighted by atomic mass is 32.1. The molecule has 112 valence electrons. The third-order valence-corrected chi connectivity index (χ3v) is 4.89. The molecule has 0 unspecified atom stereocenters. The molecule has 1 aliphatic rings. The van der Waals surface area contributed by atoms with Gasteiger partial charge in [0.15, 0.2) is 5.13 Å². The quantitative estimate of drug-likeness (QED) is 0.867. The van der Waals surface area contributed by atoms with Gasteiger partial charge >= 0.3 is 0 Å². The normalized spacial score (nSPS) is 17.1. The highest BCUT2D eigenvalue weighted by Crippen LogP contribution is 2.27. The zero-order valence-electron chi connectivity index (χ0n) is 12.3. The average Bonchev–Trinajstić information content (AvgIpc) is 2.82. The lowest BCUT2D eigenvalue weighted by Crippen LogP contribution is -2.43. The Bertz CT molecular complexity index is 467. The number of aromatic nitrogens is 1. The van der Waals surface area contributed by atoms with Gasteiger partial charge in [-0.25, -0.2) is 4.98 Å². The van der Waals surface area contributed by atoms with Gasteiger partial charge in [-0.1, -0.05) is 11.3 Å². The molecule has 3 N–H and O–H groups in total. The van der Waals surface area contributed by atoms with Crippen molar-refractivity contribution >= 4 is 28.2 Å². The van der Waals surface area contributed by atoms with Crippen LogP contribution in [-0.2, 0) is 0 Å². The van der Waals surface area contributed by atoms with E-state index in [1.807, 2.05) is 18.9 Å². The molecule has 1 aliphatic heterocycles. The van der Waals surface area contributed by atoms with Crippen LogP contribution < -0.4 is 16.0 Å². The van der Waals surface area contributed by atoms with Crippen molar-refractivity contribution in [2.45, 2.75) is 25.8 Å². The van der Waals surface area contributed by atoms with Crippen LogP contribution in [0.15, 0.2) is 0 Å². The third kappa shape index (κ3) is 3.40. The number of nitrogens with two attached hydrogens (primary N) is 1. The summed E-state index contributed by atoms with van der Waals surface area (Å²) in [5, 5.41) is 3.86. The van der Waals surface area contributed by atoms with Gasteiger partial charge in [-0.15, -0.1) is 0 Å². The SMILES string of the molecule is CCN(C)c1nc(N)c(C(=O)NC2CCN(C)CC2)s1. The number of amides is 1. The maximum atomic E-state index is 12.3. The Balaban J connectivity index is 2.00. The molecule has 20 heavy (non-hydrogen) atoms. The van der Waals surface area contributed by atoms with Gasteiger partial charge in [0.05, 0.1) is 0 Å². The number of hydrogen-bond donors (Lipinski definition) is 2. The fourth-order valence-electron chi connectivity index (χ4n) is 2.19. The lowest BCUT2D eigenvalue weighted by Gasteiger charge is -2.29. The Hall–Kier alpha value is -1.34. The number of piperidine rings is 1. The minimum atomic E-state index is -0.0923. The Morgan fingerprint density at radius 2 is 2.20 bits per heavy atom. The van der Waals surface area contributed by atoms with Gasteiger partial charge in [-0.2, -0.15) is 0 Å². The summed E-state index contributed by atoms with van der Waals surface area (Å²) in [5.74, 6) is 0.237. The number of carbonyl (C=O) groups excluding carboxylic acids is 1. The minimum Gasteiger partial charge on any atom is -0.382 e. The molecule has 2 rings (SSSR count). The largest absolute Gasteiger partial charge is 0.382 e. The van der Waals surface area contributed by atoms with Crippen LogP contribution in [0.2, 0.25) is 0 Å². The van der Waals surface area contributed by atoms with Gasteiger partial charge in [-0.05, 0) is 39.9 Å². The molecule has 2 heterocycles. The summed E-state index contributed by atoms with van der Waals surface area (Å²) in [5.41, 5.74) is 5.87. The second kappa shape index (κ2) is 6.41. The van der Waals surface area contributed by atoms with Crippen molar-refractivity contribution in [2.24, 2.45) is 0 Å². The minimum absolute atomic E-state index is 0.0923. The van der Waals surface area contributed by atoms with E-state index in [1.54, 1.807) is 0 Å². The summed E-state index contributed by atoms with van der Waals surface area (Å²) in [6.45, 7) is 4.92. The van der Waals surface area contributed by atoms with Gasteiger partial charge in [0.25, 0.3) is 5.91 Å². The molecule has 0 aliphatic carbocycles. The fourth-order valence-corrected chi connectivity index (χ4v) is 3.10. The standard InChI is InChI=1S/C13H23N5OS/c1-4-18(3)13-16-11(14)10(20-13)12(19)15-9-5-7-17(2)8-6-9/h9H,4-8,14H2,1-3H3,(H,15,19). The van der Waals surface area contributed by atoms with Gasteiger partial charge in [-0.3, -0.25) is 4.79 Å². The second-order valence-corrected chi connectivity index (χ2v) is 6.25. The first kappa shape index (κ1) is 15.1. The average molecular weight is 297 g/mol. The van der Waals surface area contributed by atoms with Crippen LogP contribution in [0.25, 0.3) is 0 Å². The Kier molecular flexibility index (Phi) is 4.82. The van der Waals surface area contributed by atoms with E-state index in [2.05, 4.69) is 22.2 Å². The van der Waals surface area contributed by atoms with Crippen LogP contribution in [0, 0.1) is 0 Å². The molecule has 0 radical (unpaired) electrons. The molecule has 1 amide bonds. The molecule has 6 nitrogen and oxygen atoms in total. The van der Waals surface area contributed by atoms with E-state index < -0.39 is 0 Å². The monoisotopic (exact) mass is 297 g/mol. The van der Waals surface area contributed by atoms with Crippen molar-refractivity contribution in [3.63, 3.8) is 0 Å². The van der Waals surface area contributed by atoms with Gasteiger partial charge in [0.2, 0.25) is 0 Å². The zero-order valence-corrected chi connectivity index (χ0v) is 13.2. The molecule has 0 spiro atoms. The molecule has 1 fully saturated rings. The highest BCUT2D eigenvalue weighted by molar-refractivity contribution is 7.18. The van der Waals surface area contributed by atoms with Crippen molar-refractivity contribution in [3.05, 3.63) is 4.88 Å². The first-order valence-corrected chi connectivity index (χ1v) is 7.79. The van der Waals surface area contributed by atoms with Crippen molar-refractivity contribution in [1.29, 1.82) is 0 Å². The number of nitrogens with one attached hydrogen (secondary N) is 1. The van der Waals surface area contributed by atoms with E-state index in [9.17, 15) is 4.79 Å². The molecular weight excluding hydrogens is 274 g/mol. The molecule has 0 saturated carbocycles. The fraction of sp³-hybridized carbons (Fsp3) is 0.692. The predicted molar refractivity (Wildman–Crippen MR) is 83.5 cm³/mol. The molecule has 0 bridgehead atoms. The van der Waals surface area contributed by atoms with Crippen LogP contribution in [0.1, 0.15) is 29.4 Å². The number of nitrogen functional groups attached to an aromatic ring is 1. The zero-order chi connectivity index (χ0) is 14.7. The number of anilines is 2. The summed E-state index contributed by atoms with van der Waals surface area (Å²) in [7, 11) is 4.04. The van der Waals surface area contributed by atoms with E-state index >= 15 is 0 Å². The third-order valence-electron chi connectivity index (χ3n) is 3.70. The predicted octanol–water partition coefficient (Wildman–Crippen LogP) is 1.01. The van der Waals surface area contributed by atoms with Gasteiger partial charge in [0, 0.05) is 19.6 Å². The van der Waals surface area contributed by atoms with Crippen molar-refractivity contribution in [2.75, 3.05) is 44.4 Å². The van der Waals surface area contributed by atoms with Crippen molar-refractivity contribution in [3.8, 4) is 0 Å². The molecule has 0 aromatic carbocycles. The van der Waals surface area contributed by atoms with Crippen LogP contribution in [-0.4, -0.2) is 55.6 Å². The summed E-state index contributed by atoms with van der Waals surface area (Å²) < 4.78 is 0. The number of rotatable bonds is 4. The number of hydrogen-bond acceptors (Lipinski definition) is 6. The lowest BCUT2D eigenvalue weighted by molar-refractivity contribution is 0.0921. The van der Waals surface area contributed by atoms with Crippen LogP contribution in [0.3, 0.4) is 0 Å². The van der Waals surface area contributed by atoms with Crippen molar-refractivity contribution < 1.29 is 4.79 Å².